The molecule has 8 unspecified atom stereocenters. The number of anilines is 1. The van der Waals surface area contributed by atoms with E-state index >= 15 is 0 Å². The first-order chi connectivity index (χ1) is 15.9. The lowest BCUT2D eigenvalue weighted by atomic mass is 9.96. The molecule has 1 aromatic heterocycles. The van der Waals surface area contributed by atoms with Crippen molar-refractivity contribution in [2.45, 2.75) is 75.1 Å². The Kier molecular flexibility index (Phi) is 8.12. The number of rotatable bonds is 9. The van der Waals surface area contributed by atoms with Crippen molar-refractivity contribution in [3.63, 3.8) is 0 Å². The minimum atomic E-state index is -5.11. The van der Waals surface area contributed by atoms with Gasteiger partial charge < -0.3 is 40.5 Å². The third kappa shape index (κ3) is 5.64. The van der Waals surface area contributed by atoms with Crippen molar-refractivity contribution >= 4 is 19.6 Å². The van der Waals surface area contributed by atoms with Gasteiger partial charge in [0.25, 0.3) is 5.79 Å². The van der Waals surface area contributed by atoms with E-state index in [1.807, 2.05) is 0 Å². The summed E-state index contributed by atoms with van der Waals surface area (Å²) < 4.78 is 33.9. The summed E-state index contributed by atoms with van der Waals surface area (Å²) >= 11 is 0. The summed E-state index contributed by atoms with van der Waals surface area (Å²) in [7, 11) is -5.11. The lowest BCUT2D eigenvalue weighted by Crippen LogP contribution is -2.53. The van der Waals surface area contributed by atoms with Gasteiger partial charge in [-0.2, -0.15) is 4.98 Å². The van der Waals surface area contributed by atoms with Crippen LogP contribution in [-0.4, -0.2) is 83.8 Å². The van der Waals surface area contributed by atoms with Gasteiger partial charge in [-0.25, -0.2) is 18.7 Å². The molecule has 15 nitrogen and oxygen atoms in total. The average Bonchev–Trinajstić information content (AvgIpc) is 3.03. The maximum absolute atomic E-state index is 12.6. The monoisotopic (exact) mass is 509 g/mol. The van der Waals surface area contributed by atoms with E-state index in [1.165, 1.54) is 12.3 Å². The van der Waals surface area contributed by atoms with Crippen LogP contribution in [-0.2, 0) is 27.9 Å². The predicted molar refractivity (Wildman–Crippen MR) is 111 cm³/mol. The Bertz CT molecular complexity index is 991. The summed E-state index contributed by atoms with van der Waals surface area (Å²) in [5.41, 5.74) is 4.55. The molecular formula is C18H28N3O12P. The zero-order chi connectivity index (χ0) is 25.3. The van der Waals surface area contributed by atoms with Crippen molar-refractivity contribution in [2.24, 2.45) is 0 Å². The number of nitrogens with two attached hydrogens (primary N) is 1. The Labute approximate surface area is 193 Å². The molecule has 34 heavy (non-hydrogen) atoms. The van der Waals surface area contributed by atoms with Crippen LogP contribution in [0.2, 0.25) is 0 Å². The summed E-state index contributed by atoms with van der Waals surface area (Å²) in [6.45, 7) is 0.980. The van der Waals surface area contributed by atoms with Crippen LogP contribution in [0.5, 0.6) is 0 Å². The number of nitrogen functional groups attached to an aromatic ring is 1. The summed E-state index contributed by atoms with van der Waals surface area (Å²) in [6.07, 6.45) is -6.41. The molecule has 2 aliphatic heterocycles. The van der Waals surface area contributed by atoms with E-state index < -0.39 is 75.0 Å². The fourth-order valence-electron chi connectivity index (χ4n) is 3.80. The first kappa shape index (κ1) is 26.7. The maximum atomic E-state index is 12.6. The SMILES string of the molecule is CCCC1OC(OP(=O)(O)OCC2OC(n3ccc(N)nc3=O)C(O)C2O)(C(=O)O)CCC1O. The number of phosphoric acid groups is 1. The van der Waals surface area contributed by atoms with Gasteiger partial charge in [-0.3, -0.25) is 9.09 Å². The Balaban J connectivity index is 1.68. The van der Waals surface area contributed by atoms with Crippen molar-refractivity contribution < 1.29 is 53.2 Å². The highest BCUT2D eigenvalue weighted by Gasteiger charge is 2.53. The molecule has 3 heterocycles. The quantitative estimate of drug-likeness (QED) is 0.212. The molecule has 0 saturated carbocycles. The summed E-state index contributed by atoms with van der Waals surface area (Å²) in [6, 6.07) is 1.27. The fourth-order valence-corrected chi connectivity index (χ4v) is 4.77. The number of nitrogens with zero attached hydrogens (tertiary/aromatic N) is 2. The Morgan fingerprint density at radius 1 is 1.35 bits per heavy atom. The van der Waals surface area contributed by atoms with Crippen molar-refractivity contribution in [1.29, 1.82) is 0 Å². The molecule has 0 bridgehead atoms. The number of aliphatic hydroxyl groups is 3. The first-order valence-corrected chi connectivity index (χ1v) is 12.0. The zero-order valence-electron chi connectivity index (χ0n) is 18.2. The van der Waals surface area contributed by atoms with E-state index in [0.29, 0.717) is 6.42 Å². The van der Waals surface area contributed by atoms with E-state index in [0.717, 1.165) is 4.57 Å². The largest absolute Gasteiger partial charge is 0.477 e. The molecule has 0 aromatic carbocycles. The molecule has 8 atom stereocenters. The number of carbonyl (C=O) groups is 1. The Morgan fingerprint density at radius 3 is 2.68 bits per heavy atom. The third-order valence-electron chi connectivity index (χ3n) is 5.57. The number of hydrogen-bond donors (Lipinski definition) is 6. The van der Waals surface area contributed by atoms with Gasteiger partial charge >= 0.3 is 19.5 Å². The minimum absolute atomic E-state index is 0.0559. The minimum Gasteiger partial charge on any atom is -0.477 e. The molecule has 0 aliphatic carbocycles. The van der Waals surface area contributed by atoms with Gasteiger partial charge in [0.05, 0.1) is 18.8 Å². The standard InChI is InChI=1S/C18H28N3O12P/c1-2-3-10-9(22)4-6-18(32-10,16(25)26)33-34(28,29)30-8-11-13(23)14(24)15(31-11)21-7-5-12(19)20-17(21)27/h5,7,9-11,13-15,22-24H,2-4,6,8H2,1H3,(H,25,26)(H,28,29)(H2,19,20,27). The van der Waals surface area contributed by atoms with E-state index in [1.54, 1.807) is 6.92 Å². The Morgan fingerprint density at radius 2 is 2.06 bits per heavy atom. The van der Waals surface area contributed by atoms with Gasteiger partial charge in [-0.1, -0.05) is 13.3 Å². The van der Waals surface area contributed by atoms with Gasteiger partial charge in [-0.15, -0.1) is 0 Å². The number of aromatic nitrogens is 2. The van der Waals surface area contributed by atoms with E-state index in [4.69, 9.17) is 24.3 Å². The van der Waals surface area contributed by atoms with Crippen LogP contribution in [0.15, 0.2) is 17.1 Å². The fraction of sp³-hybridized carbons (Fsp3) is 0.722. The highest BCUT2D eigenvalue weighted by molar-refractivity contribution is 7.47. The number of phosphoric ester groups is 1. The summed E-state index contributed by atoms with van der Waals surface area (Å²) in [5.74, 6) is -4.29. The first-order valence-electron chi connectivity index (χ1n) is 10.5. The highest BCUT2D eigenvalue weighted by atomic mass is 31.2. The van der Waals surface area contributed by atoms with Crippen molar-refractivity contribution in [2.75, 3.05) is 12.3 Å². The second-order valence-electron chi connectivity index (χ2n) is 8.05. The second-order valence-corrected chi connectivity index (χ2v) is 9.43. The van der Waals surface area contributed by atoms with Crippen molar-refractivity contribution in [3.8, 4) is 0 Å². The van der Waals surface area contributed by atoms with Gasteiger partial charge in [-0.05, 0) is 18.9 Å². The molecule has 7 N–H and O–H groups in total. The molecule has 0 spiro atoms. The smallest absolute Gasteiger partial charge is 0.475 e. The molecule has 0 radical (unpaired) electrons. The van der Waals surface area contributed by atoms with Crippen LogP contribution in [0.25, 0.3) is 0 Å². The molecule has 192 valence electrons. The normalized spacial score (nSPS) is 35.7. The second kappa shape index (κ2) is 10.4. The number of aliphatic carboxylic acids is 1. The molecule has 0 amide bonds. The Hall–Kier alpha value is -1.94. The van der Waals surface area contributed by atoms with E-state index in [9.17, 15) is 39.5 Å². The van der Waals surface area contributed by atoms with Gasteiger partial charge in [0.2, 0.25) is 0 Å². The molecule has 2 saturated heterocycles. The molecule has 3 rings (SSSR count). The third-order valence-corrected chi connectivity index (χ3v) is 6.57. The number of aliphatic hydroxyl groups excluding tert-OH is 3. The van der Waals surface area contributed by atoms with E-state index in [2.05, 4.69) is 4.98 Å². The van der Waals surface area contributed by atoms with Gasteiger partial charge in [0, 0.05) is 12.6 Å². The topological polar surface area (TPSA) is 233 Å². The van der Waals surface area contributed by atoms with Crippen molar-refractivity contribution in [3.05, 3.63) is 22.7 Å². The number of carboxylic acids is 1. The predicted octanol–water partition coefficient (Wildman–Crippen LogP) is -1.30. The molecule has 16 heteroatoms. The summed E-state index contributed by atoms with van der Waals surface area (Å²) in [4.78, 5) is 37.5. The average molecular weight is 509 g/mol. The van der Waals surface area contributed by atoms with Crippen molar-refractivity contribution in [1.82, 2.24) is 9.55 Å². The van der Waals surface area contributed by atoms with Crippen LogP contribution in [0.1, 0.15) is 38.8 Å². The summed E-state index contributed by atoms with van der Waals surface area (Å²) in [5, 5.41) is 40.1. The lowest BCUT2D eigenvalue weighted by molar-refractivity contribution is -0.268. The van der Waals surface area contributed by atoms with E-state index in [-0.39, 0.29) is 18.7 Å². The van der Waals surface area contributed by atoms with Gasteiger partial charge in [0.1, 0.15) is 24.1 Å². The van der Waals surface area contributed by atoms with Crippen LogP contribution < -0.4 is 11.4 Å². The molecular weight excluding hydrogens is 481 g/mol. The van der Waals surface area contributed by atoms with Crippen LogP contribution in [0, 0.1) is 0 Å². The lowest BCUT2D eigenvalue weighted by Gasteiger charge is -2.40. The van der Waals surface area contributed by atoms with Crippen LogP contribution in [0.4, 0.5) is 5.82 Å². The number of carboxylic acid groups (broad SMARTS) is 1. The van der Waals surface area contributed by atoms with Gasteiger partial charge in [0.15, 0.2) is 6.23 Å². The van der Waals surface area contributed by atoms with Crippen LogP contribution in [0.3, 0.4) is 0 Å². The number of hydrogen-bond acceptors (Lipinski definition) is 12. The molecule has 2 fully saturated rings. The number of ether oxygens (including phenoxy) is 2. The maximum Gasteiger partial charge on any atom is 0.475 e. The highest BCUT2D eigenvalue weighted by Crippen LogP contribution is 2.51. The van der Waals surface area contributed by atoms with Crippen LogP contribution >= 0.6 is 7.82 Å². The molecule has 2 aliphatic rings. The molecule has 1 aromatic rings. The zero-order valence-corrected chi connectivity index (χ0v) is 19.1.